The summed E-state index contributed by atoms with van der Waals surface area (Å²) in [6.07, 6.45) is 1.42. The van der Waals surface area contributed by atoms with Crippen molar-refractivity contribution in [1.82, 2.24) is 15.6 Å². The molecule has 10 heteroatoms. The Morgan fingerprint density at radius 1 is 1.20 bits per heavy atom. The van der Waals surface area contributed by atoms with Gasteiger partial charge >= 0.3 is 5.16 Å². The van der Waals surface area contributed by atoms with Gasteiger partial charge in [0.2, 0.25) is 0 Å². The highest BCUT2D eigenvalue weighted by Gasteiger charge is 2.22. The number of thioether (sulfide) groups is 1. The monoisotopic (exact) mass is 497 g/mol. The summed E-state index contributed by atoms with van der Waals surface area (Å²) in [5, 5.41) is 24.2. The van der Waals surface area contributed by atoms with Gasteiger partial charge in [-0.15, -0.1) is 5.10 Å². The number of benzene rings is 2. The molecule has 0 saturated heterocycles. The van der Waals surface area contributed by atoms with E-state index in [1.807, 2.05) is 11.5 Å². The molecule has 9 nitrogen and oxygen atoms in total. The lowest BCUT2D eigenvalue weighted by Gasteiger charge is -2.18. The molecule has 3 rings (SSSR count). The molecule has 0 radical (unpaired) electrons. The van der Waals surface area contributed by atoms with Crippen molar-refractivity contribution in [2.24, 2.45) is 5.10 Å². The van der Waals surface area contributed by atoms with Crippen LogP contribution in [-0.2, 0) is 16.8 Å². The first-order valence-electron chi connectivity index (χ1n) is 11.1. The molecule has 35 heavy (non-hydrogen) atoms. The summed E-state index contributed by atoms with van der Waals surface area (Å²) < 4.78 is 12.2. The van der Waals surface area contributed by atoms with Crippen molar-refractivity contribution in [2.75, 3.05) is 20.0 Å². The summed E-state index contributed by atoms with van der Waals surface area (Å²) in [5.41, 5.74) is 5.43. The Labute approximate surface area is 209 Å². The second-order valence-corrected chi connectivity index (χ2v) is 9.71. The highest BCUT2D eigenvalue weighted by atomic mass is 32.2. The van der Waals surface area contributed by atoms with Crippen molar-refractivity contribution in [2.45, 2.75) is 44.8 Å². The molecule has 1 amide bonds. The number of ether oxygens (including phenoxy) is 2. The number of nitrogens with zero attached hydrogens (tertiary/aromatic N) is 3. The average molecular weight is 498 g/mol. The third kappa shape index (κ3) is 6.33. The lowest BCUT2D eigenvalue weighted by molar-refractivity contribution is -0.719. The van der Waals surface area contributed by atoms with E-state index in [1.54, 1.807) is 0 Å². The number of hydrogen-bond donors (Lipinski definition) is 2. The van der Waals surface area contributed by atoms with E-state index in [1.165, 1.54) is 49.9 Å². The Morgan fingerprint density at radius 2 is 1.83 bits per heavy atom. The number of carbonyl (C=O) groups excluding carboxylic acids is 1. The van der Waals surface area contributed by atoms with Crippen LogP contribution < -0.4 is 24.6 Å². The zero-order valence-electron chi connectivity index (χ0n) is 20.8. The van der Waals surface area contributed by atoms with Gasteiger partial charge in [-0.3, -0.25) is 4.79 Å². The molecule has 0 saturated carbocycles. The van der Waals surface area contributed by atoms with Gasteiger partial charge in [-0.1, -0.05) is 32.9 Å². The summed E-state index contributed by atoms with van der Waals surface area (Å²) in [6, 6.07) is 11.5. The SMILES string of the molecule is CC[n+]1c(SCC(=O)NN=Cc2cc(OC)c([O-])c(OC)c2)n[nH]c1-c1ccc(C(C)(C)C)cc1. The Bertz CT molecular complexity index is 1170. The summed E-state index contributed by atoms with van der Waals surface area (Å²) in [4.78, 5) is 12.3. The van der Waals surface area contributed by atoms with E-state index in [-0.39, 0.29) is 34.3 Å². The van der Waals surface area contributed by atoms with E-state index in [4.69, 9.17) is 9.47 Å². The molecule has 2 aromatic carbocycles. The predicted octanol–water partition coefficient (Wildman–Crippen LogP) is 3.01. The van der Waals surface area contributed by atoms with Crippen LogP contribution in [0.25, 0.3) is 11.4 Å². The maximum Gasteiger partial charge on any atom is 0.337 e. The molecular formula is C25H31N5O4S. The molecule has 3 aromatic rings. The molecule has 186 valence electrons. The minimum Gasteiger partial charge on any atom is -0.867 e. The zero-order valence-corrected chi connectivity index (χ0v) is 21.7. The van der Waals surface area contributed by atoms with E-state index in [2.05, 4.69) is 65.8 Å². The standard InChI is InChI=1S/C25H31N5O4S/c1-7-30-23(17-8-10-18(11-9-17)25(2,3)4)28-29-24(30)35-15-21(31)27-26-14-16-12-19(33-5)22(32)20(13-16)34-6/h8-14H,7,15H2,1-6H3,(H2,26,27,31,32). The van der Waals surface area contributed by atoms with Crippen LogP contribution in [0.1, 0.15) is 38.8 Å². The van der Waals surface area contributed by atoms with Crippen LogP contribution in [-0.4, -0.2) is 42.3 Å². The van der Waals surface area contributed by atoms with Crippen LogP contribution in [0.15, 0.2) is 46.7 Å². The Morgan fingerprint density at radius 3 is 2.37 bits per heavy atom. The van der Waals surface area contributed by atoms with Crippen molar-refractivity contribution >= 4 is 23.9 Å². The second kappa shape index (κ2) is 11.3. The van der Waals surface area contributed by atoms with E-state index in [9.17, 15) is 9.90 Å². The zero-order chi connectivity index (χ0) is 25.6. The fraction of sp³-hybridized carbons (Fsp3) is 0.360. The van der Waals surface area contributed by atoms with Crippen molar-refractivity contribution in [3.05, 3.63) is 47.5 Å². The number of aromatic amines is 1. The largest absolute Gasteiger partial charge is 0.867 e. The van der Waals surface area contributed by atoms with Crippen LogP contribution >= 0.6 is 11.8 Å². The number of rotatable bonds is 9. The molecule has 0 fully saturated rings. The number of carbonyl (C=O) groups is 1. The van der Waals surface area contributed by atoms with Gasteiger partial charge in [0, 0.05) is 5.56 Å². The number of H-pyrrole nitrogens is 1. The molecule has 0 aliphatic heterocycles. The van der Waals surface area contributed by atoms with Gasteiger partial charge in [0.25, 0.3) is 11.7 Å². The van der Waals surface area contributed by atoms with Crippen molar-refractivity contribution < 1.29 is 23.9 Å². The van der Waals surface area contributed by atoms with E-state index in [0.29, 0.717) is 17.3 Å². The molecule has 0 bridgehead atoms. The molecule has 0 aliphatic carbocycles. The number of hydrazone groups is 1. The lowest BCUT2D eigenvalue weighted by atomic mass is 9.87. The molecule has 0 aliphatic rings. The van der Waals surface area contributed by atoms with Gasteiger partial charge in [-0.05, 0) is 59.7 Å². The number of amides is 1. The second-order valence-electron chi connectivity index (χ2n) is 8.76. The van der Waals surface area contributed by atoms with E-state index in [0.717, 1.165) is 11.4 Å². The quantitative estimate of drug-likeness (QED) is 0.203. The van der Waals surface area contributed by atoms with Gasteiger partial charge in [0.1, 0.15) is 11.5 Å². The van der Waals surface area contributed by atoms with Crippen LogP contribution in [0.3, 0.4) is 0 Å². The third-order valence-electron chi connectivity index (χ3n) is 5.32. The smallest absolute Gasteiger partial charge is 0.337 e. The first-order valence-corrected chi connectivity index (χ1v) is 12.1. The third-order valence-corrected chi connectivity index (χ3v) is 6.29. The molecule has 0 spiro atoms. The average Bonchev–Trinajstić information content (AvgIpc) is 3.26. The van der Waals surface area contributed by atoms with E-state index >= 15 is 0 Å². The van der Waals surface area contributed by atoms with Gasteiger partial charge < -0.3 is 14.6 Å². The van der Waals surface area contributed by atoms with Crippen LogP contribution in [0.5, 0.6) is 17.2 Å². The van der Waals surface area contributed by atoms with Crippen LogP contribution in [0, 0.1) is 0 Å². The molecule has 0 atom stereocenters. The number of methoxy groups -OCH3 is 2. The van der Waals surface area contributed by atoms with Crippen molar-refractivity contribution in [1.29, 1.82) is 0 Å². The Hall–Kier alpha value is -3.53. The summed E-state index contributed by atoms with van der Waals surface area (Å²) in [6.45, 7) is 9.29. The predicted molar refractivity (Wildman–Crippen MR) is 134 cm³/mol. The number of nitrogens with one attached hydrogen (secondary N) is 2. The maximum atomic E-state index is 12.3. The van der Waals surface area contributed by atoms with Crippen molar-refractivity contribution in [3.63, 3.8) is 0 Å². The van der Waals surface area contributed by atoms with Crippen LogP contribution in [0.4, 0.5) is 0 Å². The highest BCUT2D eigenvalue weighted by molar-refractivity contribution is 7.99. The molecule has 2 N–H and O–H groups in total. The number of hydrogen-bond acceptors (Lipinski definition) is 7. The topological polar surface area (TPSA) is 116 Å². The normalized spacial score (nSPS) is 11.6. The summed E-state index contributed by atoms with van der Waals surface area (Å²) in [5.74, 6) is 0.668. The van der Waals surface area contributed by atoms with Gasteiger partial charge in [0.15, 0.2) is 0 Å². The fourth-order valence-corrected chi connectivity index (χ4v) is 4.20. The molecule has 1 heterocycles. The minimum absolute atomic E-state index is 0.0850. The van der Waals surface area contributed by atoms with Gasteiger partial charge in [0.05, 0.1) is 43.4 Å². The first-order chi connectivity index (χ1) is 16.7. The molecule has 1 aromatic heterocycles. The van der Waals surface area contributed by atoms with Crippen molar-refractivity contribution in [3.8, 4) is 28.6 Å². The van der Waals surface area contributed by atoms with E-state index < -0.39 is 0 Å². The highest BCUT2D eigenvalue weighted by Crippen LogP contribution is 2.34. The van der Waals surface area contributed by atoms with Gasteiger partial charge in [-0.2, -0.15) is 5.10 Å². The molecular weight excluding hydrogens is 466 g/mol. The molecule has 0 unspecified atom stereocenters. The minimum atomic E-state index is -0.347. The summed E-state index contributed by atoms with van der Waals surface area (Å²) in [7, 11) is 2.81. The lowest BCUT2D eigenvalue weighted by Crippen LogP contribution is -2.36. The first kappa shape index (κ1) is 26.1. The Balaban J connectivity index is 1.63. The van der Waals surface area contributed by atoms with Gasteiger partial charge in [-0.25, -0.2) is 9.99 Å². The summed E-state index contributed by atoms with van der Waals surface area (Å²) >= 11 is 1.32. The fourth-order valence-electron chi connectivity index (χ4n) is 3.39. The Kier molecular flexibility index (Phi) is 8.39. The maximum absolute atomic E-state index is 12.3. The van der Waals surface area contributed by atoms with Crippen LogP contribution in [0.2, 0.25) is 0 Å². The number of aromatic nitrogens is 3.